The van der Waals surface area contributed by atoms with Crippen molar-refractivity contribution >= 4 is 40.5 Å². The molecule has 4 N–H and O–H groups in total. The van der Waals surface area contributed by atoms with Crippen molar-refractivity contribution < 1.29 is 9.59 Å². The van der Waals surface area contributed by atoms with Gasteiger partial charge in [-0.3, -0.25) is 20.4 Å². The van der Waals surface area contributed by atoms with Crippen molar-refractivity contribution in [2.45, 2.75) is 26.7 Å². The number of nitrogens with one attached hydrogen (secondary N) is 4. The third kappa shape index (κ3) is 6.52. The third-order valence-corrected chi connectivity index (χ3v) is 3.92. The van der Waals surface area contributed by atoms with Gasteiger partial charge in [-0.15, -0.1) is 0 Å². The van der Waals surface area contributed by atoms with E-state index in [0.29, 0.717) is 0 Å². The molecule has 2 aromatic rings. The minimum absolute atomic E-state index is 0.0532. The van der Waals surface area contributed by atoms with Crippen LogP contribution in [0.4, 0.5) is 11.4 Å². The molecule has 0 spiro atoms. The molecule has 0 saturated carbocycles. The summed E-state index contributed by atoms with van der Waals surface area (Å²) in [6, 6.07) is 15.0. The van der Waals surface area contributed by atoms with Gasteiger partial charge in [-0.1, -0.05) is 24.3 Å². The fraction of sp³-hybridized carbons (Fsp3) is 0.211. The molecule has 0 fully saturated rings. The van der Waals surface area contributed by atoms with Crippen molar-refractivity contribution in [1.82, 2.24) is 10.9 Å². The highest BCUT2D eigenvalue weighted by Gasteiger charge is 2.08. The summed E-state index contributed by atoms with van der Waals surface area (Å²) in [6.45, 7) is 3.99. The van der Waals surface area contributed by atoms with Crippen LogP contribution in [0.1, 0.15) is 24.0 Å². The Morgan fingerprint density at radius 1 is 0.808 bits per heavy atom. The molecule has 0 heterocycles. The molecule has 0 aliphatic rings. The Morgan fingerprint density at radius 3 is 2.19 bits per heavy atom. The first kappa shape index (κ1) is 19.4. The van der Waals surface area contributed by atoms with Crippen molar-refractivity contribution in [1.29, 1.82) is 0 Å². The van der Waals surface area contributed by atoms with Crippen molar-refractivity contribution in [3.05, 3.63) is 59.7 Å². The van der Waals surface area contributed by atoms with Gasteiger partial charge in [0.15, 0.2) is 5.11 Å². The minimum Gasteiger partial charge on any atom is -0.331 e. The van der Waals surface area contributed by atoms with Gasteiger partial charge in [-0.2, -0.15) is 0 Å². The molecule has 6 nitrogen and oxygen atoms in total. The number of aryl methyl sites for hydroxylation is 2. The topological polar surface area (TPSA) is 82.3 Å². The van der Waals surface area contributed by atoms with Crippen LogP contribution in [0.25, 0.3) is 0 Å². The van der Waals surface area contributed by atoms with E-state index < -0.39 is 0 Å². The molecule has 2 aromatic carbocycles. The first-order chi connectivity index (χ1) is 12.4. The zero-order valence-electron chi connectivity index (χ0n) is 14.8. The molecule has 0 aromatic heterocycles. The van der Waals surface area contributed by atoms with E-state index in [1.165, 1.54) is 0 Å². The number of hydrogen-bond acceptors (Lipinski definition) is 3. The predicted octanol–water partition coefficient (Wildman–Crippen LogP) is 3.04. The summed E-state index contributed by atoms with van der Waals surface area (Å²) in [5, 5.41) is 5.98. The summed E-state index contributed by atoms with van der Waals surface area (Å²) in [5.74, 6) is -0.536. The number of rotatable bonds is 5. The number of carbonyl (C=O) groups excluding carboxylic acids is 2. The quantitative estimate of drug-likeness (QED) is 0.480. The van der Waals surface area contributed by atoms with Crippen LogP contribution in [-0.2, 0) is 9.59 Å². The second-order valence-corrected chi connectivity index (χ2v) is 6.25. The van der Waals surface area contributed by atoms with Crippen LogP contribution in [-0.4, -0.2) is 16.9 Å². The van der Waals surface area contributed by atoms with Gasteiger partial charge in [0.25, 0.3) is 0 Å². The Morgan fingerprint density at radius 2 is 1.50 bits per heavy atom. The second kappa shape index (κ2) is 9.53. The van der Waals surface area contributed by atoms with Crippen molar-refractivity contribution in [3.63, 3.8) is 0 Å². The van der Waals surface area contributed by atoms with E-state index >= 15 is 0 Å². The monoisotopic (exact) mass is 370 g/mol. The minimum atomic E-state index is -0.322. The lowest BCUT2D eigenvalue weighted by Crippen LogP contribution is -2.43. The number of hydrogen-bond donors (Lipinski definition) is 4. The molecular formula is C19H22N4O2S. The fourth-order valence-electron chi connectivity index (χ4n) is 2.14. The Kier molecular flexibility index (Phi) is 7.11. The van der Waals surface area contributed by atoms with Gasteiger partial charge >= 0.3 is 0 Å². The molecule has 0 saturated heterocycles. The molecular weight excluding hydrogens is 348 g/mol. The summed E-state index contributed by atoms with van der Waals surface area (Å²) < 4.78 is 0. The normalized spacial score (nSPS) is 9.92. The summed E-state index contributed by atoms with van der Waals surface area (Å²) in [4.78, 5) is 23.8. The molecule has 0 aliphatic heterocycles. The Labute approximate surface area is 158 Å². The molecule has 7 heteroatoms. The molecule has 0 aliphatic carbocycles. The molecule has 136 valence electrons. The Balaban J connectivity index is 1.68. The standard InChI is InChI=1S/C19H22N4O2S/c1-13-8-9-16(12-14(13)2)20-17(24)10-11-18(25)22-23-19(26)21-15-6-4-3-5-7-15/h3-9,12H,10-11H2,1-2H3,(H,20,24)(H,22,25)(H2,21,23,26). The van der Waals surface area contributed by atoms with Crippen LogP contribution in [0, 0.1) is 13.8 Å². The average Bonchev–Trinajstić information content (AvgIpc) is 2.62. The van der Waals surface area contributed by atoms with Crippen LogP contribution < -0.4 is 21.5 Å². The number of benzene rings is 2. The summed E-state index contributed by atoms with van der Waals surface area (Å²) in [5.41, 5.74) is 8.87. The maximum absolute atomic E-state index is 11.9. The first-order valence-electron chi connectivity index (χ1n) is 8.22. The van der Waals surface area contributed by atoms with E-state index in [1.54, 1.807) is 0 Å². The zero-order chi connectivity index (χ0) is 18.9. The van der Waals surface area contributed by atoms with Crippen LogP contribution in [0.15, 0.2) is 48.5 Å². The predicted molar refractivity (Wildman–Crippen MR) is 108 cm³/mol. The maximum Gasteiger partial charge on any atom is 0.238 e. The van der Waals surface area contributed by atoms with Crippen LogP contribution in [0.3, 0.4) is 0 Å². The van der Waals surface area contributed by atoms with E-state index in [-0.39, 0.29) is 29.8 Å². The summed E-state index contributed by atoms with van der Waals surface area (Å²) in [6.07, 6.45) is 0.136. The fourth-order valence-corrected chi connectivity index (χ4v) is 2.31. The first-order valence-corrected chi connectivity index (χ1v) is 8.63. The van der Waals surface area contributed by atoms with Crippen LogP contribution in [0.5, 0.6) is 0 Å². The highest BCUT2D eigenvalue weighted by Crippen LogP contribution is 2.14. The molecule has 0 bridgehead atoms. The maximum atomic E-state index is 11.9. The lowest BCUT2D eigenvalue weighted by molar-refractivity contribution is -0.124. The molecule has 26 heavy (non-hydrogen) atoms. The number of para-hydroxylation sites is 1. The number of thiocarbonyl (C=S) groups is 1. The van der Waals surface area contributed by atoms with E-state index in [4.69, 9.17) is 12.2 Å². The van der Waals surface area contributed by atoms with Crippen molar-refractivity contribution in [2.24, 2.45) is 0 Å². The molecule has 2 amide bonds. The van der Waals surface area contributed by atoms with Gasteiger partial charge in [0.1, 0.15) is 0 Å². The number of amides is 2. The highest BCUT2D eigenvalue weighted by atomic mass is 32.1. The van der Waals surface area contributed by atoms with Gasteiger partial charge < -0.3 is 10.6 Å². The number of anilines is 2. The van der Waals surface area contributed by atoms with Crippen molar-refractivity contribution in [3.8, 4) is 0 Å². The van der Waals surface area contributed by atoms with Gasteiger partial charge in [0.05, 0.1) is 0 Å². The molecule has 0 unspecified atom stereocenters. The van der Waals surface area contributed by atoms with Crippen LogP contribution >= 0.6 is 12.2 Å². The molecule has 0 radical (unpaired) electrons. The Bertz CT molecular complexity index is 793. The lowest BCUT2D eigenvalue weighted by atomic mass is 10.1. The lowest BCUT2D eigenvalue weighted by Gasteiger charge is -2.11. The van der Waals surface area contributed by atoms with E-state index in [1.807, 2.05) is 62.4 Å². The van der Waals surface area contributed by atoms with Crippen LogP contribution in [0.2, 0.25) is 0 Å². The number of carbonyl (C=O) groups is 2. The SMILES string of the molecule is Cc1ccc(NC(=O)CCC(=O)NNC(=S)Nc2ccccc2)cc1C. The highest BCUT2D eigenvalue weighted by molar-refractivity contribution is 7.80. The number of hydrazine groups is 1. The third-order valence-electron chi connectivity index (χ3n) is 3.72. The summed E-state index contributed by atoms with van der Waals surface area (Å²) >= 11 is 5.08. The van der Waals surface area contributed by atoms with E-state index in [2.05, 4.69) is 21.5 Å². The van der Waals surface area contributed by atoms with Gasteiger partial charge in [-0.25, -0.2) is 0 Å². The largest absolute Gasteiger partial charge is 0.331 e. The average molecular weight is 370 g/mol. The summed E-state index contributed by atoms with van der Waals surface area (Å²) in [7, 11) is 0. The Hall–Kier alpha value is -2.93. The smallest absolute Gasteiger partial charge is 0.238 e. The van der Waals surface area contributed by atoms with Gasteiger partial charge in [0, 0.05) is 24.2 Å². The molecule has 2 rings (SSSR count). The van der Waals surface area contributed by atoms with Gasteiger partial charge in [-0.05, 0) is 61.5 Å². The van der Waals surface area contributed by atoms with E-state index in [0.717, 1.165) is 22.5 Å². The second-order valence-electron chi connectivity index (χ2n) is 5.84. The molecule has 0 atom stereocenters. The zero-order valence-corrected chi connectivity index (χ0v) is 15.6. The van der Waals surface area contributed by atoms with Crippen molar-refractivity contribution in [2.75, 3.05) is 10.6 Å². The van der Waals surface area contributed by atoms with Gasteiger partial charge in [0.2, 0.25) is 11.8 Å². The van der Waals surface area contributed by atoms with E-state index in [9.17, 15) is 9.59 Å².